The van der Waals surface area contributed by atoms with Gasteiger partial charge < -0.3 is 9.47 Å². The van der Waals surface area contributed by atoms with Gasteiger partial charge in [0.15, 0.2) is 11.5 Å². The van der Waals surface area contributed by atoms with Crippen LogP contribution in [0.25, 0.3) is 21.1 Å². The fourth-order valence-electron chi connectivity index (χ4n) is 2.60. The molecule has 0 amide bonds. The van der Waals surface area contributed by atoms with Gasteiger partial charge in [-0.3, -0.25) is 0 Å². The molecule has 0 saturated carbocycles. The third-order valence-corrected chi connectivity index (χ3v) is 6.65. The molecule has 0 aliphatic heterocycles. The summed E-state index contributed by atoms with van der Waals surface area (Å²) in [6, 6.07) is 9.86. The lowest BCUT2D eigenvalue weighted by molar-refractivity contribution is 0.311. The Morgan fingerprint density at radius 3 is 2.71 bits per heavy atom. The number of ether oxygens (including phenoxy) is 2. The Balaban J connectivity index is 1.74. The molecule has 0 radical (unpaired) electrons. The number of thiophene rings is 1. The van der Waals surface area contributed by atoms with Gasteiger partial charge >= 0.3 is 0 Å². The van der Waals surface area contributed by atoms with Crippen LogP contribution in [-0.2, 0) is 16.4 Å². The Kier molecular flexibility index (Phi) is 6.71. The molecule has 2 aromatic heterocycles. The van der Waals surface area contributed by atoms with Gasteiger partial charge in [0, 0.05) is 22.4 Å². The van der Waals surface area contributed by atoms with E-state index in [4.69, 9.17) is 14.5 Å². The van der Waals surface area contributed by atoms with E-state index < -0.39 is 10.0 Å². The Morgan fingerprint density at radius 1 is 1.18 bits per heavy atom. The van der Waals surface area contributed by atoms with E-state index in [0.717, 1.165) is 31.8 Å². The normalized spacial score (nSPS) is 11.5. The molecule has 0 atom stereocenters. The largest absolute Gasteiger partial charge is 0.493 e. The van der Waals surface area contributed by atoms with Crippen molar-refractivity contribution in [3.8, 4) is 32.6 Å². The average Bonchev–Trinajstić information content (AvgIpc) is 3.30. The van der Waals surface area contributed by atoms with Gasteiger partial charge in [0.1, 0.15) is 5.01 Å². The van der Waals surface area contributed by atoms with E-state index in [1.165, 1.54) is 6.26 Å². The number of thiazole rings is 1. The van der Waals surface area contributed by atoms with Crippen molar-refractivity contribution in [2.75, 3.05) is 26.5 Å². The van der Waals surface area contributed by atoms with Gasteiger partial charge in [0.2, 0.25) is 10.0 Å². The smallest absolute Gasteiger partial charge is 0.208 e. The molecule has 0 bridgehead atoms. The molecule has 6 nitrogen and oxygen atoms in total. The zero-order valence-electron chi connectivity index (χ0n) is 15.9. The minimum atomic E-state index is -3.15. The van der Waals surface area contributed by atoms with Crippen LogP contribution in [0.3, 0.4) is 0 Å². The Morgan fingerprint density at radius 2 is 2.00 bits per heavy atom. The molecule has 0 saturated heterocycles. The van der Waals surface area contributed by atoms with Crippen LogP contribution in [0.15, 0.2) is 35.7 Å². The second-order valence-electron chi connectivity index (χ2n) is 6.02. The quantitative estimate of drug-likeness (QED) is 0.546. The number of benzene rings is 1. The summed E-state index contributed by atoms with van der Waals surface area (Å²) >= 11 is 3.20. The fourth-order valence-corrected chi connectivity index (χ4v) is 4.94. The Bertz CT molecular complexity index is 1040. The lowest BCUT2D eigenvalue weighted by Gasteiger charge is -2.09. The monoisotopic (exact) mass is 438 g/mol. The maximum absolute atomic E-state index is 11.2. The number of hydrogen-bond acceptors (Lipinski definition) is 7. The van der Waals surface area contributed by atoms with Crippen LogP contribution >= 0.6 is 22.7 Å². The summed E-state index contributed by atoms with van der Waals surface area (Å²) in [7, 11) is -1.53. The molecule has 3 aromatic rings. The molecule has 0 unspecified atom stereocenters. The second-order valence-corrected chi connectivity index (χ2v) is 9.88. The van der Waals surface area contributed by atoms with Gasteiger partial charge in [-0.05, 0) is 43.7 Å². The standard InChI is InChI=1S/C19H22N2O4S3/c1-4-25-16-7-5-13(11-17(16)24-2)19-21-15(12-26-19)18-8-6-14(27-18)9-10-20-28(3,22)23/h5-8,11-12,20H,4,9-10H2,1-3H3. The van der Waals surface area contributed by atoms with Crippen LogP contribution in [0.4, 0.5) is 0 Å². The first-order valence-electron chi connectivity index (χ1n) is 8.70. The van der Waals surface area contributed by atoms with Gasteiger partial charge in [-0.15, -0.1) is 22.7 Å². The van der Waals surface area contributed by atoms with Crippen LogP contribution in [0, 0.1) is 0 Å². The highest BCUT2D eigenvalue weighted by molar-refractivity contribution is 7.88. The van der Waals surface area contributed by atoms with E-state index in [9.17, 15) is 8.42 Å². The fraction of sp³-hybridized carbons (Fsp3) is 0.316. The van der Waals surface area contributed by atoms with E-state index >= 15 is 0 Å². The van der Waals surface area contributed by atoms with Gasteiger partial charge in [0.05, 0.1) is 30.5 Å². The predicted molar refractivity (Wildman–Crippen MR) is 115 cm³/mol. The van der Waals surface area contributed by atoms with Crippen molar-refractivity contribution in [2.45, 2.75) is 13.3 Å². The summed E-state index contributed by atoms with van der Waals surface area (Å²) in [5.41, 5.74) is 1.89. The third kappa shape index (κ3) is 5.32. The van der Waals surface area contributed by atoms with Crippen molar-refractivity contribution < 1.29 is 17.9 Å². The van der Waals surface area contributed by atoms with Crippen LogP contribution in [0.5, 0.6) is 11.5 Å². The zero-order chi connectivity index (χ0) is 20.1. The number of nitrogens with zero attached hydrogens (tertiary/aromatic N) is 1. The number of methoxy groups -OCH3 is 1. The van der Waals surface area contributed by atoms with Crippen LogP contribution < -0.4 is 14.2 Å². The summed E-state index contributed by atoms with van der Waals surface area (Å²) in [6.07, 6.45) is 1.82. The number of sulfonamides is 1. The van der Waals surface area contributed by atoms with Crippen molar-refractivity contribution in [3.05, 3.63) is 40.6 Å². The van der Waals surface area contributed by atoms with Crippen molar-refractivity contribution in [2.24, 2.45) is 0 Å². The molecule has 0 aliphatic carbocycles. The summed E-state index contributed by atoms with van der Waals surface area (Å²) in [5.74, 6) is 1.41. The molecule has 0 fully saturated rings. The number of hydrogen-bond donors (Lipinski definition) is 1. The van der Waals surface area contributed by atoms with Crippen molar-refractivity contribution in [1.29, 1.82) is 0 Å². The number of aromatic nitrogens is 1. The second kappa shape index (κ2) is 9.04. The maximum atomic E-state index is 11.2. The summed E-state index contributed by atoms with van der Waals surface area (Å²) in [4.78, 5) is 6.93. The molecular weight excluding hydrogens is 416 g/mol. The summed E-state index contributed by atoms with van der Waals surface area (Å²) in [6.45, 7) is 2.91. The Hall–Kier alpha value is -1.94. The van der Waals surface area contributed by atoms with E-state index in [0.29, 0.717) is 25.3 Å². The SMILES string of the molecule is CCOc1ccc(-c2nc(-c3ccc(CCNS(C)(=O)=O)s3)cs2)cc1OC. The lowest BCUT2D eigenvalue weighted by atomic mass is 10.2. The molecule has 9 heteroatoms. The molecule has 1 N–H and O–H groups in total. The summed E-state index contributed by atoms with van der Waals surface area (Å²) in [5, 5.41) is 2.94. The van der Waals surface area contributed by atoms with Gasteiger partial charge in [-0.2, -0.15) is 0 Å². The van der Waals surface area contributed by atoms with Crippen LogP contribution in [0.1, 0.15) is 11.8 Å². The molecule has 150 valence electrons. The molecular formula is C19H22N2O4S3. The number of rotatable bonds is 9. The predicted octanol–water partition coefficient (Wildman–Crippen LogP) is 4.04. The minimum Gasteiger partial charge on any atom is -0.493 e. The Labute approximate surface area is 173 Å². The average molecular weight is 439 g/mol. The van der Waals surface area contributed by atoms with Crippen molar-refractivity contribution in [3.63, 3.8) is 0 Å². The molecule has 28 heavy (non-hydrogen) atoms. The highest BCUT2D eigenvalue weighted by atomic mass is 32.2. The first kappa shape index (κ1) is 20.8. The van der Waals surface area contributed by atoms with E-state index in [-0.39, 0.29) is 0 Å². The first-order valence-corrected chi connectivity index (χ1v) is 12.3. The van der Waals surface area contributed by atoms with Gasteiger partial charge in [0.25, 0.3) is 0 Å². The van der Waals surface area contributed by atoms with Gasteiger partial charge in [-0.1, -0.05) is 0 Å². The lowest BCUT2D eigenvalue weighted by Crippen LogP contribution is -2.23. The molecule has 0 aliphatic rings. The van der Waals surface area contributed by atoms with Crippen molar-refractivity contribution >= 4 is 32.7 Å². The maximum Gasteiger partial charge on any atom is 0.208 e. The highest BCUT2D eigenvalue weighted by Crippen LogP contribution is 2.36. The molecule has 2 heterocycles. The molecule has 1 aromatic carbocycles. The van der Waals surface area contributed by atoms with E-state index in [1.807, 2.05) is 42.6 Å². The van der Waals surface area contributed by atoms with Gasteiger partial charge in [-0.25, -0.2) is 18.1 Å². The van der Waals surface area contributed by atoms with E-state index in [2.05, 4.69) is 4.72 Å². The summed E-state index contributed by atoms with van der Waals surface area (Å²) < 4.78 is 35.8. The van der Waals surface area contributed by atoms with Crippen LogP contribution in [0.2, 0.25) is 0 Å². The molecule has 0 spiro atoms. The highest BCUT2D eigenvalue weighted by Gasteiger charge is 2.12. The minimum absolute atomic E-state index is 0.396. The number of nitrogens with one attached hydrogen (secondary N) is 1. The van der Waals surface area contributed by atoms with Crippen LogP contribution in [-0.4, -0.2) is 39.9 Å². The zero-order valence-corrected chi connectivity index (χ0v) is 18.3. The molecule has 3 rings (SSSR count). The first-order chi connectivity index (χ1) is 13.4. The van der Waals surface area contributed by atoms with Crippen molar-refractivity contribution in [1.82, 2.24) is 9.71 Å². The third-order valence-electron chi connectivity index (χ3n) is 3.86. The topological polar surface area (TPSA) is 77.5 Å². The van der Waals surface area contributed by atoms with E-state index in [1.54, 1.807) is 29.8 Å².